The molecular formula is C14H14N2O3. The van der Waals surface area contributed by atoms with Gasteiger partial charge in [-0.2, -0.15) is 0 Å². The summed E-state index contributed by atoms with van der Waals surface area (Å²) in [4.78, 5) is 15.9. The van der Waals surface area contributed by atoms with Crippen LogP contribution < -0.4 is 5.32 Å². The van der Waals surface area contributed by atoms with Crippen LogP contribution in [0.5, 0.6) is 11.5 Å². The van der Waals surface area contributed by atoms with Crippen LogP contribution in [0.2, 0.25) is 0 Å². The van der Waals surface area contributed by atoms with Gasteiger partial charge in [0.1, 0.15) is 11.5 Å². The number of nitrogens with one attached hydrogen (secondary N) is 1. The fourth-order valence-electron chi connectivity index (χ4n) is 1.66. The predicted molar refractivity (Wildman–Crippen MR) is 69.9 cm³/mol. The van der Waals surface area contributed by atoms with Crippen molar-refractivity contribution in [3.05, 3.63) is 53.3 Å². The fraction of sp³-hybridized carbons (Fsp3) is 0.143. The molecule has 5 nitrogen and oxygen atoms in total. The summed E-state index contributed by atoms with van der Waals surface area (Å²) >= 11 is 0. The average molecular weight is 258 g/mol. The smallest absolute Gasteiger partial charge is 0.255 e. The third kappa shape index (κ3) is 3.01. The zero-order valence-corrected chi connectivity index (χ0v) is 10.4. The molecule has 0 fully saturated rings. The first kappa shape index (κ1) is 12.9. The van der Waals surface area contributed by atoms with Gasteiger partial charge in [0.25, 0.3) is 5.91 Å². The van der Waals surface area contributed by atoms with E-state index in [2.05, 4.69) is 10.3 Å². The number of aromatic nitrogens is 1. The summed E-state index contributed by atoms with van der Waals surface area (Å²) in [6, 6.07) is 5.67. The summed E-state index contributed by atoms with van der Waals surface area (Å²) in [6.07, 6.45) is 3.36. The first-order valence-corrected chi connectivity index (χ1v) is 5.77. The Bertz CT molecular complexity index is 611. The largest absolute Gasteiger partial charge is 0.508 e. The highest BCUT2D eigenvalue weighted by atomic mass is 16.3. The number of amides is 1. The summed E-state index contributed by atoms with van der Waals surface area (Å²) < 4.78 is 0. The van der Waals surface area contributed by atoms with Crippen LogP contribution in [0.3, 0.4) is 0 Å². The lowest BCUT2D eigenvalue weighted by molar-refractivity contribution is 0.0947. The minimum absolute atomic E-state index is 0.0431. The van der Waals surface area contributed by atoms with Gasteiger partial charge in [-0.25, -0.2) is 0 Å². The molecule has 1 aromatic carbocycles. The van der Waals surface area contributed by atoms with Crippen LogP contribution in [0.4, 0.5) is 0 Å². The summed E-state index contributed by atoms with van der Waals surface area (Å²) in [5, 5.41) is 21.6. The molecule has 1 aromatic heterocycles. The minimum Gasteiger partial charge on any atom is -0.508 e. The standard InChI is InChI=1S/C14H14N2O3/c1-9-4-5-15-7-10(9)8-16-14(19)12-6-11(17)2-3-13(12)18/h2-7,17-18H,8H2,1H3,(H,16,19). The van der Waals surface area contributed by atoms with Gasteiger partial charge in [-0.15, -0.1) is 0 Å². The van der Waals surface area contributed by atoms with Gasteiger partial charge in [0.05, 0.1) is 5.56 Å². The van der Waals surface area contributed by atoms with Crippen LogP contribution in [0.25, 0.3) is 0 Å². The van der Waals surface area contributed by atoms with Gasteiger partial charge in [-0.05, 0) is 42.3 Å². The molecule has 2 aromatic rings. The Morgan fingerprint density at radius 1 is 1.32 bits per heavy atom. The number of pyridine rings is 1. The van der Waals surface area contributed by atoms with Gasteiger partial charge in [0.2, 0.25) is 0 Å². The molecule has 0 radical (unpaired) electrons. The fourth-order valence-corrected chi connectivity index (χ4v) is 1.66. The topological polar surface area (TPSA) is 82.5 Å². The Morgan fingerprint density at radius 2 is 2.11 bits per heavy atom. The molecule has 0 unspecified atom stereocenters. The number of hydrogen-bond donors (Lipinski definition) is 3. The zero-order valence-electron chi connectivity index (χ0n) is 10.4. The lowest BCUT2D eigenvalue weighted by Crippen LogP contribution is -2.23. The Labute approximate surface area is 110 Å². The van der Waals surface area contributed by atoms with Gasteiger partial charge in [-0.3, -0.25) is 9.78 Å². The number of hydrogen-bond acceptors (Lipinski definition) is 4. The molecule has 3 N–H and O–H groups in total. The molecule has 0 atom stereocenters. The SMILES string of the molecule is Cc1ccncc1CNC(=O)c1cc(O)ccc1O. The van der Waals surface area contributed by atoms with Crippen molar-refractivity contribution in [2.24, 2.45) is 0 Å². The molecule has 0 saturated heterocycles. The van der Waals surface area contributed by atoms with Crippen molar-refractivity contribution in [1.82, 2.24) is 10.3 Å². The van der Waals surface area contributed by atoms with E-state index in [0.717, 1.165) is 11.1 Å². The second-order valence-corrected chi connectivity index (χ2v) is 4.19. The van der Waals surface area contributed by atoms with Crippen molar-refractivity contribution in [3.8, 4) is 11.5 Å². The van der Waals surface area contributed by atoms with Crippen LogP contribution in [0.1, 0.15) is 21.5 Å². The quantitative estimate of drug-likeness (QED) is 0.732. The number of aryl methyl sites for hydroxylation is 1. The lowest BCUT2D eigenvalue weighted by atomic mass is 10.1. The van der Waals surface area contributed by atoms with Crippen molar-refractivity contribution in [2.45, 2.75) is 13.5 Å². The van der Waals surface area contributed by atoms with E-state index in [1.54, 1.807) is 12.4 Å². The normalized spacial score (nSPS) is 10.2. The summed E-state index contributed by atoms with van der Waals surface area (Å²) in [5.74, 6) is -0.685. The van der Waals surface area contributed by atoms with Crippen LogP contribution in [-0.2, 0) is 6.54 Å². The summed E-state index contributed by atoms with van der Waals surface area (Å²) in [5.41, 5.74) is 1.97. The zero-order chi connectivity index (χ0) is 13.8. The molecule has 1 heterocycles. The van der Waals surface area contributed by atoms with Gasteiger partial charge >= 0.3 is 0 Å². The van der Waals surface area contributed by atoms with E-state index in [0.29, 0.717) is 6.54 Å². The molecule has 0 aliphatic rings. The van der Waals surface area contributed by atoms with Crippen molar-refractivity contribution in [3.63, 3.8) is 0 Å². The minimum atomic E-state index is -0.448. The van der Waals surface area contributed by atoms with E-state index in [-0.39, 0.29) is 17.1 Å². The maximum Gasteiger partial charge on any atom is 0.255 e. The number of phenols is 2. The van der Waals surface area contributed by atoms with E-state index >= 15 is 0 Å². The van der Waals surface area contributed by atoms with Crippen LogP contribution >= 0.6 is 0 Å². The highest BCUT2D eigenvalue weighted by Gasteiger charge is 2.12. The van der Waals surface area contributed by atoms with E-state index in [4.69, 9.17) is 0 Å². The number of carbonyl (C=O) groups is 1. The molecule has 1 amide bonds. The monoisotopic (exact) mass is 258 g/mol. The highest BCUT2D eigenvalue weighted by Crippen LogP contribution is 2.21. The van der Waals surface area contributed by atoms with Crippen molar-refractivity contribution in [2.75, 3.05) is 0 Å². The molecule has 0 bridgehead atoms. The first-order chi connectivity index (χ1) is 9.08. The van der Waals surface area contributed by atoms with Gasteiger partial charge in [0, 0.05) is 18.9 Å². The molecule has 0 aliphatic heterocycles. The number of rotatable bonds is 3. The van der Waals surface area contributed by atoms with Crippen LogP contribution in [0.15, 0.2) is 36.7 Å². The van der Waals surface area contributed by atoms with Crippen LogP contribution in [0, 0.1) is 6.92 Å². The van der Waals surface area contributed by atoms with Crippen LogP contribution in [-0.4, -0.2) is 21.1 Å². The van der Waals surface area contributed by atoms with E-state index < -0.39 is 5.91 Å². The van der Waals surface area contributed by atoms with E-state index in [1.807, 2.05) is 13.0 Å². The number of benzene rings is 1. The highest BCUT2D eigenvalue weighted by molar-refractivity contribution is 5.97. The predicted octanol–water partition coefficient (Wildman–Crippen LogP) is 1.73. The third-order valence-corrected chi connectivity index (χ3v) is 2.81. The average Bonchev–Trinajstić information content (AvgIpc) is 2.40. The molecule has 0 saturated carbocycles. The molecule has 98 valence electrons. The molecule has 2 rings (SSSR count). The van der Waals surface area contributed by atoms with E-state index in [1.165, 1.54) is 18.2 Å². The van der Waals surface area contributed by atoms with Gasteiger partial charge < -0.3 is 15.5 Å². The lowest BCUT2D eigenvalue weighted by Gasteiger charge is -2.08. The third-order valence-electron chi connectivity index (χ3n) is 2.81. The molecule has 0 spiro atoms. The molecular weight excluding hydrogens is 244 g/mol. The van der Waals surface area contributed by atoms with Crippen molar-refractivity contribution < 1.29 is 15.0 Å². The molecule has 19 heavy (non-hydrogen) atoms. The maximum atomic E-state index is 11.9. The molecule has 0 aliphatic carbocycles. The van der Waals surface area contributed by atoms with E-state index in [9.17, 15) is 15.0 Å². The number of aromatic hydroxyl groups is 2. The number of phenolic OH excluding ortho intramolecular Hbond substituents is 2. The maximum absolute atomic E-state index is 11.9. The second kappa shape index (κ2) is 5.39. The molecule has 5 heteroatoms. The number of carbonyl (C=O) groups excluding carboxylic acids is 1. The summed E-state index contributed by atoms with van der Waals surface area (Å²) in [6.45, 7) is 2.24. The second-order valence-electron chi connectivity index (χ2n) is 4.19. The first-order valence-electron chi connectivity index (χ1n) is 5.77. The van der Waals surface area contributed by atoms with Crippen molar-refractivity contribution in [1.29, 1.82) is 0 Å². The number of nitrogens with zero attached hydrogens (tertiary/aromatic N) is 1. The summed E-state index contributed by atoms with van der Waals surface area (Å²) in [7, 11) is 0. The Balaban J connectivity index is 2.10. The van der Waals surface area contributed by atoms with Crippen molar-refractivity contribution >= 4 is 5.91 Å². The van der Waals surface area contributed by atoms with Gasteiger partial charge in [0.15, 0.2) is 0 Å². The Hall–Kier alpha value is -2.56. The van der Waals surface area contributed by atoms with Gasteiger partial charge in [-0.1, -0.05) is 0 Å². The Kier molecular flexibility index (Phi) is 3.66. The Morgan fingerprint density at radius 3 is 2.84 bits per heavy atom.